The molecule has 0 fully saturated rings. The second-order valence-corrected chi connectivity index (χ2v) is 4.80. The lowest BCUT2D eigenvalue weighted by atomic mass is 10.2. The predicted molar refractivity (Wildman–Crippen MR) is 77.1 cm³/mol. The fourth-order valence-corrected chi connectivity index (χ4v) is 1.73. The molecule has 2 amide bonds. The lowest BCUT2D eigenvalue weighted by Gasteiger charge is -2.26. The molecule has 7 nitrogen and oxygen atoms in total. The van der Waals surface area contributed by atoms with Crippen LogP contribution in [0, 0.1) is 0 Å². The van der Waals surface area contributed by atoms with Crippen molar-refractivity contribution < 1.29 is 19.4 Å². The second kappa shape index (κ2) is 8.08. The van der Waals surface area contributed by atoms with Gasteiger partial charge in [0.2, 0.25) is 5.88 Å². The van der Waals surface area contributed by atoms with Crippen molar-refractivity contribution in [2.75, 3.05) is 13.7 Å². The molecule has 7 heteroatoms. The van der Waals surface area contributed by atoms with Gasteiger partial charge in [-0.2, -0.15) is 0 Å². The first-order valence-electron chi connectivity index (χ1n) is 6.69. The molecular weight excluding hydrogens is 274 g/mol. The van der Waals surface area contributed by atoms with Crippen LogP contribution in [-0.2, 0) is 11.3 Å². The van der Waals surface area contributed by atoms with Crippen LogP contribution in [0.4, 0.5) is 4.79 Å². The number of hydrogen-bond acceptors (Lipinski definition) is 4. The number of amides is 2. The third kappa shape index (κ3) is 5.68. The van der Waals surface area contributed by atoms with E-state index in [9.17, 15) is 9.59 Å². The van der Waals surface area contributed by atoms with E-state index in [1.165, 1.54) is 12.0 Å². The second-order valence-electron chi connectivity index (χ2n) is 4.80. The van der Waals surface area contributed by atoms with E-state index in [4.69, 9.17) is 9.84 Å². The number of rotatable bonds is 7. The van der Waals surface area contributed by atoms with Crippen LogP contribution < -0.4 is 10.1 Å². The average Bonchev–Trinajstić information content (AvgIpc) is 2.45. The van der Waals surface area contributed by atoms with Crippen LogP contribution in [0.25, 0.3) is 0 Å². The van der Waals surface area contributed by atoms with Gasteiger partial charge >= 0.3 is 12.0 Å². The summed E-state index contributed by atoms with van der Waals surface area (Å²) in [7, 11) is 1.53. The smallest absolute Gasteiger partial charge is 0.317 e. The highest BCUT2D eigenvalue weighted by atomic mass is 16.5. The SMILES string of the molecule is COc1ccc(CNC(=O)N(CCC(=O)O)C(C)C)cn1. The number of carbonyl (C=O) groups is 2. The molecule has 0 unspecified atom stereocenters. The molecule has 0 saturated heterocycles. The highest BCUT2D eigenvalue weighted by Crippen LogP contribution is 2.07. The summed E-state index contributed by atoms with van der Waals surface area (Å²) in [6, 6.07) is 3.16. The molecule has 2 N–H and O–H groups in total. The quantitative estimate of drug-likeness (QED) is 0.795. The standard InChI is InChI=1S/C14H21N3O4/c1-10(2)17(7-6-13(18)19)14(20)16-9-11-4-5-12(21-3)15-8-11/h4-5,8,10H,6-7,9H2,1-3H3,(H,16,20)(H,18,19). The van der Waals surface area contributed by atoms with Gasteiger partial charge in [-0.3, -0.25) is 4.79 Å². The van der Waals surface area contributed by atoms with E-state index >= 15 is 0 Å². The van der Waals surface area contributed by atoms with Crippen molar-refractivity contribution in [3.8, 4) is 5.88 Å². The fraction of sp³-hybridized carbons (Fsp3) is 0.500. The van der Waals surface area contributed by atoms with Crippen molar-refractivity contribution in [1.82, 2.24) is 15.2 Å². The minimum Gasteiger partial charge on any atom is -0.481 e. The fourth-order valence-electron chi connectivity index (χ4n) is 1.73. The van der Waals surface area contributed by atoms with Crippen LogP contribution in [-0.4, -0.2) is 46.7 Å². The number of methoxy groups -OCH3 is 1. The lowest BCUT2D eigenvalue weighted by molar-refractivity contribution is -0.137. The number of urea groups is 1. The number of aliphatic carboxylic acids is 1. The molecule has 116 valence electrons. The van der Waals surface area contributed by atoms with Crippen molar-refractivity contribution in [3.63, 3.8) is 0 Å². The largest absolute Gasteiger partial charge is 0.481 e. The number of ether oxygens (including phenoxy) is 1. The summed E-state index contributed by atoms with van der Waals surface area (Å²) in [5.74, 6) is -0.414. The predicted octanol–water partition coefficient (Wildman–Crippen LogP) is 1.48. The van der Waals surface area contributed by atoms with Gasteiger partial charge in [0.15, 0.2) is 0 Å². The Labute approximate surface area is 123 Å². The average molecular weight is 295 g/mol. The van der Waals surface area contributed by atoms with Crippen LogP contribution >= 0.6 is 0 Å². The molecule has 1 rings (SSSR count). The Hall–Kier alpha value is -2.31. The molecule has 0 saturated carbocycles. The Morgan fingerprint density at radius 2 is 2.14 bits per heavy atom. The first kappa shape index (κ1) is 16.7. The van der Waals surface area contributed by atoms with Crippen LogP contribution in [0.1, 0.15) is 25.8 Å². The number of carboxylic acids is 1. The normalized spacial score (nSPS) is 10.3. The highest BCUT2D eigenvalue weighted by molar-refractivity contribution is 5.75. The Morgan fingerprint density at radius 1 is 1.43 bits per heavy atom. The molecule has 21 heavy (non-hydrogen) atoms. The monoisotopic (exact) mass is 295 g/mol. The van der Waals surface area contributed by atoms with Crippen LogP contribution in [0.15, 0.2) is 18.3 Å². The first-order valence-corrected chi connectivity index (χ1v) is 6.69. The maximum Gasteiger partial charge on any atom is 0.317 e. The van der Waals surface area contributed by atoms with E-state index in [1.54, 1.807) is 12.3 Å². The summed E-state index contributed by atoms with van der Waals surface area (Å²) in [4.78, 5) is 28.2. The van der Waals surface area contributed by atoms with Crippen molar-refractivity contribution in [2.24, 2.45) is 0 Å². The number of hydrogen-bond donors (Lipinski definition) is 2. The van der Waals surface area contributed by atoms with E-state index in [1.807, 2.05) is 19.9 Å². The molecule has 1 heterocycles. The summed E-state index contributed by atoms with van der Waals surface area (Å²) < 4.78 is 4.96. The highest BCUT2D eigenvalue weighted by Gasteiger charge is 2.17. The molecule has 0 bridgehead atoms. The first-order chi connectivity index (χ1) is 9.93. The third-order valence-corrected chi connectivity index (χ3v) is 2.90. The summed E-state index contributed by atoms with van der Waals surface area (Å²) in [6.07, 6.45) is 1.55. The maximum absolute atomic E-state index is 12.1. The van der Waals surface area contributed by atoms with Gasteiger partial charge in [-0.05, 0) is 19.4 Å². The lowest BCUT2D eigenvalue weighted by Crippen LogP contribution is -2.44. The van der Waals surface area contributed by atoms with Gasteiger partial charge in [0.25, 0.3) is 0 Å². The summed E-state index contributed by atoms with van der Waals surface area (Å²) in [6.45, 7) is 4.19. The van der Waals surface area contributed by atoms with E-state index in [2.05, 4.69) is 10.3 Å². The number of pyridine rings is 1. The van der Waals surface area contributed by atoms with E-state index in [0.717, 1.165) is 5.56 Å². The number of carboxylic acid groups (broad SMARTS) is 1. The Balaban J connectivity index is 2.54. The van der Waals surface area contributed by atoms with E-state index < -0.39 is 5.97 Å². The van der Waals surface area contributed by atoms with Gasteiger partial charge in [0, 0.05) is 31.4 Å². The number of nitrogens with one attached hydrogen (secondary N) is 1. The van der Waals surface area contributed by atoms with Crippen molar-refractivity contribution in [1.29, 1.82) is 0 Å². The summed E-state index contributed by atoms with van der Waals surface area (Å²) in [5, 5.41) is 11.5. The van der Waals surface area contributed by atoms with E-state index in [-0.39, 0.29) is 25.0 Å². The molecule has 0 aliphatic rings. The van der Waals surface area contributed by atoms with Crippen LogP contribution in [0.5, 0.6) is 5.88 Å². The zero-order valence-corrected chi connectivity index (χ0v) is 12.5. The molecular formula is C14H21N3O4. The van der Waals surface area contributed by atoms with Crippen molar-refractivity contribution in [2.45, 2.75) is 32.9 Å². The Morgan fingerprint density at radius 3 is 2.62 bits per heavy atom. The topological polar surface area (TPSA) is 91.8 Å². The van der Waals surface area contributed by atoms with Crippen LogP contribution in [0.2, 0.25) is 0 Å². The Kier molecular flexibility index (Phi) is 6.45. The van der Waals surface area contributed by atoms with Gasteiger partial charge in [-0.25, -0.2) is 9.78 Å². The number of aromatic nitrogens is 1. The summed E-state index contributed by atoms with van der Waals surface area (Å²) in [5.41, 5.74) is 0.839. The van der Waals surface area contributed by atoms with Crippen molar-refractivity contribution >= 4 is 12.0 Å². The Bertz CT molecular complexity index is 474. The molecule has 0 radical (unpaired) electrons. The van der Waals surface area contributed by atoms with Gasteiger partial charge < -0.3 is 20.1 Å². The van der Waals surface area contributed by atoms with Gasteiger partial charge in [-0.15, -0.1) is 0 Å². The molecule has 0 aromatic carbocycles. The molecule has 1 aromatic rings. The van der Waals surface area contributed by atoms with Crippen LogP contribution in [0.3, 0.4) is 0 Å². The number of carbonyl (C=O) groups excluding carboxylic acids is 1. The minimum atomic E-state index is -0.923. The number of nitrogens with zero attached hydrogens (tertiary/aromatic N) is 2. The maximum atomic E-state index is 12.1. The summed E-state index contributed by atoms with van der Waals surface area (Å²) >= 11 is 0. The molecule has 1 aromatic heterocycles. The zero-order chi connectivity index (χ0) is 15.8. The van der Waals surface area contributed by atoms with E-state index in [0.29, 0.717) is 12.4 Å². The molecule has 0 aliphatic carbocycles. The van der Waals surface area contributed by atoms with Gasteiger partial charge in [0.1, 0.15) is 0 Å². The minimum absolute atomic E-state index is 0.0710. The zero-order valence-electron chi connectivity index (χ0n) is 12.5. The third-order valence-electron chi connectivity index (χ3n) is 2.90. The molecule has 0 aliphatic heterocycles. The van der Waals surface area contributed by atoms with Gasteiger partial charge in [0.05, 0.1) is 13.5 Å². The molecule has 0 spiro atoms. The van der Waals surface area contributed by atoms with Crippen molar-refractivity contribution in [3.05, 3.63) is 23.9 Å². The molecule has 0 atom stereocenters. The van der Waals surface area contributed by atoms with Gasteiger partial charge in [-0.1, -0.05) is 6.07 Å².